The lowest BCUT2D eigenvalue weighted by molar-refractivity contribution is 0.0608. The van der Waals surface area contributed by atoms with Crippen LogP contribution in [0.4, 0.5) is 0 Å². The summed E-state index contributed by atoms with van der Waals surface area (Å²) in [6.07, 6.45) is 4.63. The number of nitrogens with zero attached hydrogens (tertiary/aromatic N) is 1. The van der Waals surface area contributed by atoms with Crippen molar-refractivity contribution in [2.24, 2.45) is 0 Å². The van der Waals surface area contributed by atoms with Crippen LogP contribution in [0.25, 0.3) is 0 Å². The van der Waals surface area contributed by atoms with Crippen LogP contribution >= 0.6 is 0 Å². The number of aryl methyl sites for hydroxylation is 2. The predicted molar refractivity (Wildman–Crippen MR) is 74.9 cm³/mol. The number of likely N-dealkylation sites (tertiary alicyclic amines) is 1. The summed E-state index contributed by atoms with van der Waals surface area (Å²) in [5.74, 6) is 0.213. The molecule has 0 saturated carbocycles. The summed E-state index contributed by atoms with van der Waals surface area (Å²) >= 11 is 0. The van der Waals surface area contributed by atoms with Crippen LogP contribution < -0.4 is 0 Å². The van der Waals surface area contributed by atoms with Crippen LogP contribution in [0.3, 0.4) is 0 Å². The highest BCUT2D eigenvalue weighted by molar-refractivity contribution is 5.94. The monoisotopic (exact) mass is 245 g/mol. The molecular weight excluding hydrogens is 222 g/mol. The number of benzene rings is 1. The topological polar surface area (TPSA) is 20.3 Å². The first kappa shape index (κ1) is 13.1. The van der Waals surface area contributed by atoms with Gasteiger partial charge in [0.1, 0.15) is 0 Å². The number of hydrogen-bond donors (Lipinski definition) is 0. The lowest BCUT2D eigenvalue weighted by atomic mass is 9.98. The zero-order valence-corrected chi connectivity index (χ0v) is 11.7. The maximum Gasteiger partial charge on any atom is 0.254 e. The van der Waals surface area contributed by atoms with E-state index in [0.717, 1.165) is 31.4 Å². The van der Waals surface area contributed by atoms with Gasteiger partial charge >= 0.3 is 0 Å². The van der Waals surface area contributed by atoms with E-state index in [9.17, 15) is 4.79 Å². The fourth-order valence-corrected chi connectivity index (χ4v) is 2.73. The van der Waals surface area contributed by atoms with Crippen molar-refractivity contribution in [1.29, 1.82) is 0 Å². The van der Waals surface area contributed by atoms with Crippen LogP contribution in [0.5, 0.6) is 0 Å². The number of rotatable bonds is 2. The molecule has 2 nitrogen and oxygen atoms in total. The molecule has 1 aromatic carbocycles. The van der Waals surface area contributed by atoms with E-state index in [0.29, 0.717) is 6.04 Å². The molecular formula is C16H23NO. The maximum atomic E-state index is 12.6. The normalized spacial score (nSPS) is 19.9. The largest absolute Gasteiger partial charge is 0.336 e. The van der Waals surface area contributed by atoms with Gasteiger partial charge < -0.3 is 4.90 Å². The van der Waals surface area contributed by atoms with Gasteiger partial charge in [0.15, 0.2) is 0 Å². The minimum Gasteiger partial charge on any atom is -0.336 e. The highest BCUT2D eigenvalue weighted by Crippen LogP contribution is 2.22. The molecule has 0 aromatic heterocycles. The fraction of sp³-hybridized carbons (Fsp3) is 0.562. The Kier molecular flexibility index (Phi) is 4.05. The first-order valence-electron chi connectivity index (χ1n) is 7.01. The van der Waals surface area contributed by atoms with Crippen molar-refractivity contribution in [1.82, 2.24) is 4.90 Å². The van der Waals surface area contributed by atoms with Gasteiger partial charge in [-0.25, -0.2) is 0 Å². The van der Waals surface area contributed by atoms with E-state index < -0.39 is 0 Å². The molecule has 0 aliphatic carbocycles. The number of carbonyl (C=O) groups is 1. The van der Waals surface area contributed by atoms with Crippen LogP contribution in [-0.4, -0.2) is 23.4 Å². The van der Waals surface area contributed by atoms with Crippen LogP contribution in [0.15, 0.2) is 18.2 Å². The minimum atomic E-state index is 0.213. The van der Waals surface area contributed by atoms with E-state index in [1.807, 2.05) is 18.2 Å². The van der Waals surface area contributed by atoms with E-state index in [2.05, 4.69) is 25.7 Å². The average molecular weight is 245 g/mol. The zero-order valence-electron chi connectivity index (χ0n) is 11.7. The van der Waals surface area contributed by atoms with Crippen LogP contribution in [-0.2, 0) is 0 Å². The number of carbonyl (C=O) groups excluding carboxylic acids is 1. The highest BCUT2D eigenvalue weighted by Gasteiger charge is 2.26. The summed E-state index contributed by atoms with van der Waals surface area (Å²) in [6.45, 7) is 7.25. The average Bonchev–Trinajstić information content (AvgIpc) is 2.41. The second kappa shape index (κ2) is 5.55. The van der Waals surface area contributed by atoms with Crippen molar-refractivity contribution >= 4 is 5.91 Å². The van der Waals surface area contributed by atoms with Crippen molar-refractivity contribution < 1.29 is 4.79 Å². The quantitative estimate of drug-likeness (QED) is 0.778. The Morgan fingerprint density at radius 2 is 2.06 bits per heavy atom. The molecule has 0 N–H and O–H groups in total. The summed E-state index contributed by atoms with van der Waals surface area (Å²) in [4.78, 5) is 14.6. The van der Waals surface area contributed by atoms with Gasteiger partial charge in [0.05, 0.1) is 0 Å². The van der Waals surface area contributed by atoms with Crippen LogP contribution in [0.1, 0.15) is 54.1 Å². The third-order valence-electron chi connectivity index (χ3n) is 4.11. The van der Waals surface area contributed by atoms with Crippen LogP contribution in [0.2, 0.25) is 0 Å². The van der Waals surface area contributed by atoms with E-state index in [1.165, 1.54) is 17.5 Å². The van der Waals surface area contributed by atoms with Gasteiger partial charge in [0.25, 0.3) is 5.91 Å². The first-order valence-corrected chi connectivity index (χ1v) is 7.01. The van der Waals surface area contributed by atoms with E-state index in [-0.39, 0.29) is 5.91 Å². The van der Waals surface area contributed by atoms with E-state index in [4.69, 9.17) is 0 Å². The summed E-state index contributed by atoms with van der Waals surface area (Å²) in [6, 6.07) is 6.48. The number of piperidine rings is 1. The molecule has 1 amide bonds. The molecule has 2 rings (SSSR count). The Morgan fingerprint density at radius 3 is 2.72 bits per heavy atom. The Hall–Kier alpha value is -1.31. The molecule has 1 fully saturated rings. The van der Waals surface area contributed by atoms with Crippen molar-refractivity contribution in [3.8, 4) is 0 Å². The molecule has 0 bridgehead atoms. The molecule has 0 radical (unpaired) electrons. The van der Waals surface area contributed by atoms with Gasteiger partial charge in [-0.1, -0.05) is 13.0 Å². The Balaban J connectivity index is 2.21. The zero-order chi connectivity index (χ0) is 13.1. The number of hydrogen-bond acceptors (Lipinski definition) is 1. The summed E-state index contributed by atoms with van der Waals surface area (Å²) in [5.41, 5.74) is 3.29. The van der Waals surface area contributed by atoms with Gasteiger partial charge in [-0.3, -0.25) is 4.79 Å². The summed E-state index contributed by atoms with van der Waals surface area (Å²) in [5, 5.41) is 0. The maximum absolute atomic E-state index is 12.6. The first-order chi connectivity index (χ1) is 8.63. The van der Waals surface area contributed by atoms with Crippen molar-refractivity contribution in [2.75, 3.05) is 6.54 Å². The Labute approximate surface area is 110 Å². The number of amides is 1. The van der Waals surface area contributed by atoms with Crippen molar-refractivity contribution in [2.45, 2.75) is 52.5 Å². The molecule has 1 heterocycles. The molecule has 1 aromatic rings. The molecule has 2 heteroatoms. The van der Waals surface area contributed by atoms with E-state index in [1.54, 1.807) is 0 Å². The second-order valence-corrected chi connectivity index (χ2v) is 5.36. The summed E-state index contributed by atoms with van der Waals surface area (Å²) in [7, 11) is 0. The fourth-order valence-electron chi connectivity index (χ4n) is 2.73. The molecule has 1 atom stereocenters. The van der Waals surface area contributed by atoms with Gasteiger partial charge in [0, 0.05) is 18.2 Å². The highest BCUT2D eigenvalue weighted by atomic mass is 16.2. The minimum absolute atomic E-state index is 0.213. The summed E-state index contributed by atoms with van der Waals surface area (Å²) < 4.78 is 0. The van der Waals surface area contributed by atoms with Gasteiger partial charge in [-0.2, -0.15) is 0 Å². The second-order valence-electron chi connectivity index (χ2n) is 5.36. The smallest absolute Gasteiger partial charge is 0.254 e. The lowest BCUT2D eigenvalue weighted by Crippen LogP contribution is -2.43. The Bertz CT molecular complexity index is 439. The molecule has 18 heavy (non-hydrogen) atoms. The third-order valence-corrected chi connectivity index (χ3v) is 4.11. The standard InChI is InChI=1S/C16H23NO/c1-4-15-7-5-6-10-17(15)16(18)14-9-8-12(2)13(3)11-14/h8-9,11,15H,4-7,10H2,1-3H3/t15-/m0/s1. The van der Waals surface area contributed by atoms with Gasteiger partial charge in [-0.05, 0) is 62.8 Å². The molecule has 0 unspecified atom stereocenters. The van der Waals surface area contributed by atoms with Crippen molar-refractivity contribution in [3.63, 3.8) is 0 Å². The Morgan fingerprint density at radius 1 is 1.28 bits per heavy atom. The lowest BCUT2D eigenvalue weighted by Gasteiger charge is -2.35. The van der Waals surface area contributed by atoms with E-state index >= 15 is 0 Å². The predicted octanol–water partition coefficient (Wildman–Crippen LogP) is 3.71. The molecule has 1 aliphatic heterocycles. The molecule has 98 valence electrons. The molecule has 1 aliphatic rings. The molecule has 0 spiro atoms. The molecule has 1 saturated heterocycles. The third kappa shape index (κ3) is 2.58. The van der Waals surface area contributed by atoms with Crippen molar-refractivity contribution in [3.05, 3.63) is 34.9 Å². The van der Waals surface area contributed by atoms with Gasteiger partial charge in [-0.15, -0.1) is 0 Å². The SMILES string of the molecule is CC[C@H]1CCCCN1C(=O)c1ccc(C)c(C)c1. The van der Waals surface area contributed by atoms with Crippen LogP contribution in [0, 0.1) is 13.8 Å². The van der Waals surface area contributed by atoms with Gasteiger partial charge in [0.2, 0.25) is 0 Å².